The molecule has 0 fully saturated rings. The summed E-state index contributed by atoms with van der Waals surface area (Å²) in [6, 6.07) is 0. The first kappa shape index (κ1) is 20.5. The monoisotopic (exact) mass is 294 g/mol. The van der Waals surface area contributed by atoms with Crippen LogP contribution < -0.4 is 0 Å². The molecule has 0 saturated carbocycles. The molecule has 0 aliphatic carbocycles. The third kappa shape index (κ3) is 22.8. The molecule has 0 unspecified atom stereocenters. The zero-order chi connectivity index (χ0) is 15.1. The number of hydrogen-bond acceptors (Lipinski definition) is 5. The number of likely N-dealkylation sites (N-methyl/N-ethyl adjacent to an activating group) is 1. The number of unbranched alkanes of at least 4 members (excludes halogenated alkanes) is 1. The lowest BCUT2D eigenvalue weighted by molar-refractivity contribution is -0.870. The number of carbonyl (C=O) groups is 1. The van der Waals surface area contributed by atoms with Crippen molar-refractivity contribution in [1.82, 2.24) is 0 Å². The van der Waals surface area contributed by atoms with Crippen molar-refractivity contribution >= 4 is 14.7 Å². The second-order valence-corrected chi connectivity index (χ2v) is 5.13. The molecule has 0 aromatic rings. The lowest BCUT2D eigenvalue weighted by atomic mass is 10.3. The summed E-state index contributed by atoms with van der Waals surface area (Å²) >= 11 is 0. The molecule has 0 aliphatic heterocycles. The summed E-state index contributed by atoms with van der Waals surface area (Å²) in [4.78, 5) is 10.4. The van der Waals surface area contributed by atoms with Gasteiger partial charge in [0.1, 0.15) is 13.2 Å². The molecule has 7 heteroatoms. The zero-order valence-electron chi connectivity index (χ0n) is 12.0. The Morgan fingerprint density at radius 3 is 2.37 bits per heavy atom. The minimum absolute atomic E-state index is 0.144. The van der Waals surface area contributed by atoms with Gasteiger partial charge in [0, 0.05) is 12.7 Å². The summed E-state index contributed by atoms with van der Waals surface area (Å²) < 4.78 is 19.8. The quantitative estimate of drug-likeness (QED) is 0.229. The van der Waals surface area contributed by atoms with Gasteiger partial charge in [0.2, 0.25) is 0 Å². The predicted octanol–water partition coefficient (Wildman–Crippen LogP) is 1.40. The number of ether oxygens (including phenoxy) is 1. The van der Waals surface area contributed by atoms with Gasteiger partial charge in [-0.15, -0.1) is 0 Å². The number of rotatable bonds is 9. The van der Waals surface area contributed by atoms with E-state index in [1.165, 1.54) is 0 Å². The van der Waals surface area contributed by atoms with Crippen molar-refractivity contribution in [3.05, 3.63) is 12.7 Å². The summed E-state index contributed by atoms with van der Waals surface area (Å²) in [5.74, 6) is -0.405. The minimum atomic E-state index is -0.405. The second kappa shape index (κ2) is 13.6. The lowest BCUT2D eigenvalue weighted by Gasteiger charge is -2.22. The van der Waals surface area contributed by atoms with Gasteiger partial charge in [-0.25, -0.2) is 9.36 Å². The summed E-state index contributed by atoms with van der Waals surface area (Å²) in [5.41, 5.74) is 0. The van der Waals surface area contributed by atoms with E-state index in [2.05, 4.69) is 37.0 Å². The molecule has 19 heavy (non-hydrogen) atoms. The molecular weight excluding hydrogens is 269 g/mol. The molecule has 0 heterocycles. The van der Waals surface area contributed by atoms with E-state index >= 15 is 0 Å². The van der Waals surface area contributed by atoms with Crippen LogP contribution in [0.4, 0.5) is 0 Å². The van der Waals surface area contributed by atoms with Gasteiger partial charge in [0.05, 0.1) is 27.7 Å². The number of aliphatic hydroxyl groups is 1. The first-order valence-electron chi connectivity index (χ1n) is 6.02. The Hall–Kier alpha value is -0.810. The van der Waals surface area contributed by atoms with Gasteiger partial charge in [-0.2, -0.15) is 0 Å². The maximum Gasteiger partial charge on any atom is 0.330 e. The van der Waals surface area contributed by atoms with Crippen LogP contribution in [-0.4, -0.2) is 63.1 Å². The fourth-order valence-electron chi connectivity index (χ4n) is 0.798. The van der Waals surface area contributed by atoms with E-state index in [1.807, 2.05) is 0 Å². The topological polar surface area (TPSA) is 72.8 Å². The van der Waals surface area contributed by atoms with Crippen LogP contribution in [0.25, 0.3) is 0 Å². The van der Waals surface area contributed by atoms with E-state index < -0.39 is 5.97 Å². The highest BCUT2D eigenvalue weighted by Gasteiger charge is 2.04. The molecule has 0 aromatic heterocycles. The number of nitrogens with zero attached hydrogens (tertiary/aromatic N) is 1. The molecule has 112 valence electrons. The summed E-state index contributed by atoms with van der Waals surface area (Å²) in [6.07, 6.45) is 2.50. The van der Waals surface area contributed by atoms with Gasteiger partial charge < -0.3 is 14.3 Å². The van der Waals surface area contributed by atoms with Gasteiger partial charge in [0.25, 0.3) is 0 Å². The van der Waals surface area contributed by atoms with Crippen LogP contribution in [0.3, 0.4) is 0 Å². The summed E-state index contributed by atoms with van der Waals surface area (Å²) in [5, 5.41) is 8.33. The molecule has 0 radical (unpaired) electrons. The van der Waals surface area contributed by atoms with Crippen LogP contribution in [0.2, 0.25) is 0 Å². The van der Waals surface area contributed by atoms with Gasteiger partial charge in [-0.3, -0.25) is 4.52 Å². The second-order valence-electron chi connectivity index (χ2n) is 4.72. The van der Waals surface area contributed by atoms with Crippen LogP contribution in [0.1, 0.15) is 12.8 Å². The molecule has 6 nitrogen and oxygen atoms in total. The Bertz CT molecular complexity index is 253. The van der Waals surface area contributed by atoms with Gasteiger partial charge >= 0.3 is 14.7 Å². The summed E-state index contributed by atoms with van der Waals surface area (Å²) in [7, 11) is 5.96. The Kier molecular flexibility index (Phi) is 14.7. The van der Waals surface area contributed by atoms with Gasteiger partial charge in [0.15, 0.2) is 0 Å². The highest BCUT2D eigenvalue weighted by atomic mass is 31.1. The van der Waals surface area contributed by atoms with E-state index in [0.717, 1.165) is 17.1 Å². The first-order valence-corrected chi connectivity index (χ1v) is 6.75. The average Bonchev–Trinajstić information content (AvgIpc) is 2.34. The number of esters is 1. The van der Waals surface area contributed by atoms with Crippen molar-refractivity contribution in [2.45, 2.75) is 12.8 Å². The minimum Gasteiger partial charge on any atom is -0.463 e. The maximum atomic E-state index is 10.4. The normalized spacial score (nSPS) is 10.5. The predicted molar refractivity (Wildman–Crippen MR) is 73.9 cm³/mol. The molecule has 0 spiro atoms. The van der Waals surface area contributed by atoms with Crippen LogP contribution in [0.5, 0.6) is 0 Å². The zero-order valence-corrected chi connectivity index (χ0v) is 12.9. The van der Waals surface area contributed by atoms with E-state index in [4.69, 9.17) is 5.11 Å². The SMILES string of the molecule is C=CC(=O)OCCCCO.C[N+](C)(C)CCOP=O. The molecule has 1 N–H and O–H groups in total. The number of quaternary nitrogens is 1. The molecule has 0 aromatic carbocycles. The van der Waals surface area contributed by atoms with E-state index in [0.29, 0.717) is 26.1 Å². The molecule has 0 rings (SSSR count). The van der Waals surface area contributed by atoms with Crippen LogP contribution in [0, 0.1) is 0 Å². The van der Waals surface area contributed by atoms with Crippen molar-refractivity contribution in [3.63, 3.8) is 0 Å². The number of carbonyl (C=O) groups excluding carboxylic acids is 1. The number of hydrogen-bond donors (Lipinski definition) is 1. The first-order chi connectivity index (χ1) is 8.87. The van der Waals surface area contributed by atoms with Crippen LogP contribution >= 0.6 is 8.69 Å². The highest BCUT2D eigenvalue weighted by Crippen LogP contribution is 1.96. The molecular formula is C12H25NO5P+. The lowest BCUT2D eigenvalue weighted by Crippen LogP contribution is -2.37. The van der Waals surface area contributed by atoms with Crippen LogP contribution in [0.15, 0.2) is 12.7 Å². The molecule has 0 bridgehead atoms. The highest BCUT2D eigenvalue weighted by molar-refractivity contribution is 7.17. The van der Waals surface area contributed by atoms with Gasteiger partial charge in [-0.05, 0) is 12.8 Å². The van der Waals surface area contributed by atoms with E-state index in [-0.39, 0.29) is 15.3 Å². The maximum absolute atomic E-state index is 10.4. The third-order valence-corrected chi connectivity index (χ3v) is 2.16. The summed E-state index contributed by atoms with van der Waals surface area (Å²) in [6.45, 7) is 5.18. The molecule has 0 aliphatic rings. The fraction of sp³-hybridized carbons (Fsp3) is 0.750. The number of aliphatic hydroxyl groups excluding tert-OH is 1. The van der Waals surface area contributed by atoms with Gasteiger partial charge in [-0.1, -0.05) is 6.58 Å². The average molecular weight is 294 g/mol. The van der Waals surface area contributed by atoms with E-state index in [1.54, 1.807) is 0 Å². The van der Waals surface area contributed by atoms with Crippen molar-refractivity contribution in [1.29, 1.82) is 0 Å². The Balaban J connectivity index is 0. The van der Waals surface area contributed by atoms with Crippen LogP contribution in [-0.2, 0) is 18.6 Å². The van der Waals surface area contributed by atoms with Crippen molar-refractivity contribution in [3.8, 4) is 0 Å². The standard InChI is InChI=1S/C7H12O3.C5H13NO2P/c1-2-7(9)10-6-4-3-5-8;1-6(2,3)4-5-8-9-7/h2,8H,1,3-6H2;4-5H2,1-3H3/q;+1. The molecule has 0 amide bonds. The Morgan fingerprint density at radius 2 is 1.95 bits per heavy atom. The largest absolute Gasteiger partial charge is 0.463 e. The van der Waals surface area contributed by atoms with Crippen molar-refractivity contribution in [2.24, 2.45) is 0 Å². The van der Waals surface area contributed by atoms with Crippen molar-refractivity contribution < 1.29 is 28.2 Å². The fourth-order valence-corrected chi connectivity index (χ4v) is 0.954. The molecule has 0 atom stereocenters. The van der Waals surface area contributed by atoms with E-state index in [9.17, 15) is 9.36 Å². The van der Waals surface area contributed by atoms with Crippen molar-refractivity contribution in [2.75, 3.05) is 47.5 Å². The molecule has 0 saturated heterocycles. The smallest absolute Gasteiger partial charge is 0.330 e. The Labute approximate surface area is 116 Å². The third-order valence-electron chi connectivity index (χ3n) is 1.87. The Morgan fingerprint density at radius 1 is 1.32 bits per heavy atom.